The summed E-state index contributed by atoms with van der Waals surface area (Å²) in [4.78, 5) is 30.6. The number of rotatable bonds is 2. The van der Waals surface area contributed by atoms with Gasteiger partial charge in [0.05, 0.1) is 46.5 Å². The van der Waals surface area contributed by atoms with Gasteiger partial charge in [0.15, 0.2) is 0 Å². The monoisotopic (exact) mass is 719 g/mol. The van der Waals surface area contributed by atoms with E-state index in [1.807, 2.05) is 32.2 Å². The van der Waals surface area contributed by atoms with Gasteiger partial charge in [-0.1, -0.05) is 56.4 Å². The number of nitrogens with zero attached hydrogens (tertiary/aromatic N) is 1. The third-order valence-electron chi connectivity index (χ3n) is 7.93. The lowest BCUT2D eigenvalue weighted by Crippen LogP contribution is -2.45. The Bertz CT molecular complexity index is 988. The number of ketones is 1. The van der Waals surface area contributed by atoms with Crippen molar-refractivity contribution in [3.63, 3.8) is 0 Å². The number of hydrogen-bond acceptors (Lipinski definition) is 8. The summed E-state index contributed by atoms with van der Waals surface area (Å²) in [6.45, 7) is 12.8. The summed E-state index contributed by atoms with van der Waals surface area (Å²) >= 11 is 1.56. The first kappa shape index (κ1) is 47.1. The molecule has 1 aromatic rings. The van der Waals surface area contributed by atoms with Crippen molar-refractivity contribution in [2.45, 2.75) is 133 Å². The van der Waals surface area contributed by atoms with Crippen molar-refractivity contribution in [3.8, 4) is 0 Å². The van der Waals surface area contributed by atoms with Gasteiger partial charge in [0.1, 0.15) is 11.9 Å². The Morgan fingerprint density at radius 2 is 1.78 bits per heavy atom. The summed E-state index contributed by atoms with van der Waals surface area (Å²) in [5, 5.41) is 24.6. The molecule has 243 valence electrons. The third kappa shape index (κ3) is 11.6. The van der Waals surface area contributed by atoms with Crippen molar-refractivity contribution in [1.29, 1.82) is 0 Å². The summed E-state index contributed by atoms with van der Waals surface area (Å²) in [6, 6.07) is 0. The number of Topliss-reactive ketones (excluding diaryl/α,β-unsaturated/α-hetero) is 1. The van der Waals surface area contributed by atoms with E-state index >= 15 is 0 Å². The summed E-state index contributed by atoms with van der Waals surface area (Å²) in [6.07, 6.45) is 1.98. The standard InChI is InChI=1S/C27H41NO6S.3CH4.B.FH.HI.2H2/c1-15-9-8-10-27(7)22(34-27)12-20(16(2)11-19-14-35-18(4)28-19)33-23(30)13-21(29)26(5,6)25(32)17(3)24(15)31;;;;;;;;/h11,14-15,17,20-22,24,29,31H,8-10,12-13H2,1-7H3;3*1H4;;4*1H/b16-11+;;;;;;;;/t15-,17+,20-,21-,22-,24-,27+;;;;;;;;/m0......../s1/i;;;;;;;1+1;. The van der Waals surface area contributed by atoms with Crippen molar-refractivity contribution in [1.82, 2.24) is 4.98 Å². The highest BCUT2D eigenvalue weighted by molar-refractivity contribution is 14.0. The van der Waals surface area contributed by atoms with Crippen LogP contribution >= 0.6 is 35.3 Å². The van der Waals surface area contributed by atoms with Crippen molar-refractivity contribution in [2.24, 2.45) is 17.3 Å². The average Bonchev–Trinajstić information content (AvgIpc) is 3.22. The van der Waals surface area contributed by atoms with Gasteiger partial charge in [0, 0.05) is 29.0 Å². The predicted molar refractivity (Wildman–Crippen MR) is 184 cm³/mol. The number of ether oxygens (including phenoxy) is 2. The highest BCUT2D eigenvalue weighted by Gasteiger charge is 2.53. The highest BCUT2D eigenvalue weighted by Crippen LogP contribution is 2.45. The molecule has 11 heteroatoms. The van der Waals surface area contributed by atoms with E-state index in [9.17, 15) is 19.8 Å². The van der Waals surface area contributed by atoms with Gasteiger partial charge in [-0.25, -0.2) is 4.98 Å². The molecule has 7 atom stereocenters. The molecule has 3 rings (SSSR count). The molecule has 2 aliphatic heterocycles. The van der Waals surface area contributed by atoms with E-state index in [1.54, 1.807) is 32.1 Å². The van der Waals surface area contributed by atoms with Gasteiger partial charge in [0.2, 0.25) is 0 Å². The number of carbonyl (C=O) groups excluding carboxylic acids is 2. The second-order valence-corrected chi connectivity index (χ2v) is 12.3. The molecule has 0 amide bonds. The van der Waals surface area contributed by atoms with E-state index in [4.69, 9.17) is 9.47 Å². The minimum atomic E-state index is -1.23. The number of cyclic esters (lactones) is 1. The van der Waals surface area contributed by atoms with Crippen molar-refractivity contribution in [2.75, 3.05) is 0 Å². The van der Waals surface area contributed by atoms with Crippen LogP contribution in [0.1, 0.15) is 109 Å². The number of fused-ring (bicyclic) bond motifs is 1. The maximum atomic E-state index is 13.2. The molecule has 2 N–H and O–H groups in total. The van der Waals surface area contributed by atoms with E-state index in [0.717, 1.165) is 35.5 Å². The van der Waals surface area contributed by atoms with E-state index in [1.165, 1.54) is 0 Å². The van der Waals surface area contributed by atoms with Gasteiger partial charge in [-0.3, -0.25) is 14.3 Å². The molecule has 0 aromatic carbocycles. The van der Waals surface area contributed by atoms with Gasteiger partial charge < -0.3 is 19.7 Å². The molecule has 1 aromatic heterocycles. The molecule has 2 saturated heterocycles. The number of aliphatic hydroxyl groups is 2. The highest BCUT2D eigenvalue weighted by atomic mass is 127. The second kappa shape index (κ2) is 18.7. The third-order valence-corrected chi connectivity index (χ3v) is 8.72. The van der Waals surface area contributed by atoms with Gasteiger partial charge >= 0.3 is 5.97 Å². The summed E-state index contributed by atoms with van der Waals surface area (Å²) in [5.74, 6) is -1.55. The first-order valence-corrected chi connectivity index (χ1v) is 13.5. The lowest BCUT2D eigenvalue weighted by atomic mass is 9.73. The molecule has 0 aliphatic carbocycles. The number of aryl methyl sites for hydroxylation is 1. The largest absolute Gasteiger partial charge is 0.458 e. The van der Waals surface area contributed by atoms with E-state index in [-0.39, 0.29) is 92.1 Å². The predicted octanol–water partition coefficient (Wildman–Crippen LogP) is 7.27. The number of carbonyl (C=O) groups is 2. The molecule has 3 heterocycles. The Kier molecular flexibility index (Phi) is 21.5. The number of hydrogen-bond donors (Lipinski definition) is 2. The van der Waals surface area contributed by atoms with Crippen molar-refractivity contribution < 1.29 is 36.8 Å². The topological polar surface area (TPSA) is 109 Å². The number of aromatic nitrogens is 1. The zero-order chi connectivity index (χ0) is 26.1. The molecule has 0 bridgehead atoms. The van der Waals surface area contributed by atoms with Crippen LogP contribution in [-0.4, -0.2) is 65.4 Å². The fourth-order valence-electron chi connectivity index (χ4n) is 5.07. The van der Waals surface area contributed by atoms with Crippen LogP contribution < -0.4 is 0 Å². The minimum absolute atomic E-state index is 0. The fraction of sp³-hybridized carbons (Fsp3) is 0.767. The second-order valence-electron chi connectivity index (χ2n) is 11.3. The van der Waals surface area contributed by atoms with Gasteiger partial charge in [-0.15, -0.1) is 35.3 Å². The first-order valence-electron chi connectivity index (χ1n) is 12.6. The maximum Gasteiger partial charge on any atom is 0.309 e. The number of epoxide rings is 1. The van der Waals surface area contributed by atoms with Crippen LogP contribution in [0.25, 0.3) is 6.08 Å². The van der Waals surface area contributed by atoms with Crippen LogP contribution in [0.3, 0.4) is 0 Å². The van der Waals surface area contributed by atoms with Crippen LogP contribution in [0.5, 0.6) is 0 Å². The average molecular weight is 720 g/mol. The molecule has 7 nitrogen and oxygen atoms in total. The Hall–Kier alpha value is -0.885. The van der Waals surface area contributed by atoms with Gasteiger partial charge in [0.25, 0.3) is 0 Å². The first-order chi connectivity index (χ1) is 16.2. The molecule has 0 saturated carbocycles. The van der Waals surface area contributed by atoms with Gasteiger partial charge in [-0.05, 0) is 51.2 Å². The quantitative estimate of drug-likeness (QED) is 0.143. The molecule has 0 unspecified atom stereocenters. The zero-order valence-electron chi connectivity index (χ0n) is 23.4. The molecule has 41 heavy (non-hydrogen) atoms. The van der Waals surface area contributed by atoms with Crippen molar-refractivity contribution in [3.05, 3.63) is 21.7 Å². The van der Waals surface area contributed by atoms with E-state index < -0.39 is 35.6 Å². The molecular formula is C30H59BFINO6S. The Labute approximate surface area is 274 Å². The van der Waals surface area contributed by atoms with E-state index in [0.29, 0.717) is 6.42 Å². The number of aliphatic hydroxyl groups excluding tert-OH is 2. The number of thiazole rings is 1. The zero-order valence-corrected chi connectivity index (χ0v) is 26.6. The van der Waals surface area contributed by atoms with Crippen LogP contribution in [0, 0.1) is 24.2 Å². The summed E-state index contributed by atoms with van der Waals surface area (Å²) in [5.41, 5.74) is 0.179. The molecule has 0 spiro atoms. The van der Waals surface area contributed by atoms with E-state index in [2.05, 4.69) is 11.9 Å². The van der Waals surface area contributed by atoms with Crippen LogP contribution in [-0.2, 0) is 19.1 Å². The Balaban J connectivity index is -0.000000428. The van der Waals surface area contributed by atoms with Crippen LogP contribution in [0.2, 0.25) is 0 Å². The lowest BCUT2D eigenvalue weighted by molar-refractivity contribution is -0.154. The SMILES string of the molecule is C.C.C.C/C(=C\c1csc(C)n1)[C@@H]1C[C@@H]2O[C@]2(C)CCC[C@H](C)[C@H](O)[C@@H](C)C(=O)C(C)(C)[C@@H](O)CC(=O)O1.F.I.[2HH].[B].[HH]. The lowest BCUT2D eigenvalue weighted by Gasteiger charge is -2.34. The fourth-order valence-corrected chi connectivity index (χ4v) is 5.64. The Morgan fingerprint density at radius 3 is 2.32 bits per heavy atom. The summed E-state index contributed by atoms with van der Waals surface area (Å²) in [7, 11) is 0. The molecule has 2 aliphatic rings. The molecule has 3 radical (unpaired) electrons. The normalized spacial score (nSPS) is 32.0. The Morgan fingerprint density at radius 1 is 1.20 bits per heavy atom. The summed E-state index contributed by atoms with van der Waals surface area (Å²) < 4.78 is 11.9. The smallest absolute Gasteiger partial charge is 0.309 e. The molecular weight excluding hydrogens is 659 g/mol. The number of esters is 1. The minimum Gasteiger partial charge on any atom is -0.458 e. The van der Waals surface area contributed by atoms with Crippen LogP contribution in [0.15, 0.2) is 11.0 Å². The van der Waals surface area contributed by atoms with Crippen LogP contribution in [0.4, 0.5) is 4.70 Å². The van der Waals surface area contributed by atoms with Gasteiger partial charge in [-0.2, -0.15) is 0 Å². The number of halogens is 2. The molecule has 2 fully saturated rings. The maximum absolute atomic E-state index is 13.2. The van der Waals surface area contributed by atoms with Crippen molar-refractivity contribution >= 4 is 61.6 Å².